The van der Waals surface area contributed by atoms with E-state index in [2.05, 4.69) is 0 Å². The predicted octanol–water partition coefficient (Wildman–Crippen LogP) is 0.510. The molecule has 3 aliphatic heterocycles. The first-order chi connectivity index (χ1) is 9.19. The Morgan fingerprint density at radius 3 is 2.15 bits per heavy atom. The van der Waals surface area contributed by atoms with Crippen molar-refractivity contribution in [2.24, 2.45) is 0 Å². The third-order valence-corrected chi connectivity index (χ3v) is 3.65. The molecule has 114 valence electrons. The fourth-order valence-corrected chi connectivity index (χ4v) is 2.81. The number of hydrogen-bond donors (Lipinski definition) is 1. The molecule has 0 saturated carbocycles. The van der Waals surface area contributed by atoms with E-state index in [4.69, 9.17) is 28.8 Å². The number of carboxylic acids is 1. The lowest BCUT2D eigenvalue weighted by molar-refractivity contribution is -0.174. The second-order valence-electron chi connectivity index (χ2n) is 6.29. The summed E-state index contributed by atoms with van der Waals surface area (Å²) >= 11 is 0. The summed E-state index contributed by atoms with van der Waals surface area (Å²) in [5.74, 6) is -2.44. The van der Waals surface area contributed by atoms with Crippen LogP contribution in [0.2, 0.25) is 0 Å². The second kappa shape index (κ2) is 4.38. The van der Waals surface area contributed by atoms with Crippen LogP contribution in [-0.2, 0) is 28.5 Å². The first kappa shape index (κ1) is 14.2. The summed E-state index contributed by atoms with van der Waals surface area (Å²) in [7, 11) is 0. The molecule has 0 aromatic rings. The van der Waals surface area contributed by atoms with Gasteiger partial charge in [0.05, 0.1) is 6.61 Å². The minimum atomic E-state index is -0.981. The van der Waals surface area contributed by atoms with Crippen LogP contribution in [0, 0.1) is 0 Å². The van der Waals surface area contributed by atoms with Gasteiger partial charge in [-0.25, -0.2) is 4.79 Å². The van der Waals surface area contributed by atoms with Crippen molar-refractivity contribution < 1.29 is 33.6 Å². The molecule has 0 aromatic carbocycles. The van der Waals surface area contributed by atoms with Crippen molar-refractivity contribution in [3.63, 3.8) is 0 Å². The quantitative estimate of drug-likeness (QED) is 0.757. The first-order valence-corrected chi connectivity index (χ1v) is 6.74. The zero-order valence-electron chi connectivity index (χ0n) is 12.0. The Morgan fingerprint density at radius 1 is 1.00 bits per heavy atom. The van der Waals surface area contributed by atoms with Crippen LogP contribution >= 0.6 is 0 Å². The fraction of sp³-hybridized carbons (Fsp3) is 0.923. The molecule has 0 aliphatic carbocycles. The van der Waals surface area contributed by atoms with Crippen LogP contribution in [0.5, 0.6) is 0 Å². The normalized spacial score (nSPS) is 45.5. The second-order valence-corrected chi connectivity index (χ2v) is 6.29. The Labute approximate surface area is 117 Å². The highest BCUT2D eigenvalue weighted by Crippen LogP contribution is 2.42. The molecular weight excluding hydrogens is 268 g/mol. The van der Waals surface area contributed by atoms with Crippen molar-refractivity contribution in [3.8, 4) is 0 Å². The van der Waals surface area contributed by atoms with Crippen LogP contribution in [0.4, 0.5) is 0 Å². The van der Waals surface area contributed by atoms with Crippen LogP contribution in [0.15, 0.2) is 0 Å². The van der Waals surface area contributed by atoms with E-state index in [-0.39, 0.29) is 6.10 Å². The largest absolute Gasteiger partial charge is 0.479 e. The van der Waals surface area contributed by atoms with E-state index in [9.17, 15) is 4.79 Å². The molecule has 7 heteroatoms. The summed E-state index contributed by atoms with van der Waals surface area (Å²) in [5.41, 5.74) is 0. The van der Waals surface area contributed by atoms with E-state index < -0.39 is 42.0 Å². The Bertz CT molecular complexity index is 419. The highest BCUT2D eigenvalue weighted by atomic mass is 16.8. The zero-order valence-corrected chi connectivity index (χ0v) is 12.0. The first-order valence-electron chi connectivity index (χ1n) is 6.74. The summed E-state index contributed by atoms with van der Waals surface area (Å²) in [6.07, 6.45) is -2.48. The van der Waals surface area contributed by atoms with E-state index in [1.54, 1.807) is 13.8 Å². The minimum Gasteiger partial charge on any atom is -0.479 e. The molecule has 1 N–H and O–H groups in total. The number of ether oxygens (including phenoxy) is 5. The minimum absolute atomic E-state index is 0.296. The van der Waals surface area contributed by atoms with Crippen LogP contribution in [0.3, 0.4) is 0 Å². The van der Waals surface area contributed by atoms with Gasteiger partial charge in [0, 0.05) is 0 Å². The highest BCUT2D eigenvalue weighted by Gasteiger charge is 2.61. The smallest absolute Gasteiger partial charge is 0.335 e. The van der Waals surface area contributed by atoms with Gasteiger partial charge in [-0.1, -0.05) is 0 Å². The van der Waals surface area contributed by atoms with E-state index in [1.165, 1.54) is 0 Å². The van der Waals surface area contributed by atoms with Crippen LogP contribution < -0.4 is 0 Å². The van der Waals surface area contributed by atoms with Gasteiger partial charge in [0.2, 0.25) is 0 Å². The average molecular weight is 288 g/mol. The van der Waals surface area contributed by atoms with Gasteiger partial charge in [0.1, 0.15) is 24.4 Å². The van der Waals surface area contributed by atoms with Crippen molar-refractivity contribution in [2.75, 3.05) is 6.61 Å². The van der Waals surface area contributed by atoms with Crippen LogP contribution in [0.1, 0.15) is 27.7 Å². The number of carbonyl (C=O) groups is 1. The van der Waals surface area contributed by atoms with Crippen molar-refractivity contribution in [2.45, 2.75) is 69.8 Å². The Balaban J connectivity index is 1.73. The third-order valence-electron chi connectivity index (χ3n) is 3.65. The Morgan fingerprint density at radius 2 is 1.65 bits per heavy atom. The molecule has 3 heterocycles. The lowest BCUT2D eigenvalue weighted by Crippen LogP contribution is -2.41. The number of hydrogen-bond acceptors (Lipinski definition) is 6. The maximum Gasteiger partial charge on any atom is 0.335 e. The molecule has 1 unspecified atom stereocenters. The van der Waals surface area contributed by atoms with Gasteiger partial charge in [-0.2, -0.15) is 0 Å². The number of rotatable bonds is 3. The van der Waals surface area contributed by atoms with Crippen molar-refractivity contribution in [3.05, 3.63) is 0 Å². The molecule has 0 bridgehead atoms. The SMILES string of the molecule is CC1(C)O[C@H]([C@@H]2OC2C(=O)O)[C@@H]([C@H]2COC(C)(C)O2)O1. The number of epoxide rings is 1. The summed E-state index contributed by atoms with van der Waals surface area (Å²) in [5, 5.41) is 8.97. The van der Waals surface area contributed by atoms with E-state index in [0.29, 0.717) is 6.61 Å². The topological polar surface area (TPSA) is 86.8 Å². The van der Waals surface area contributed by atoms with E-state index in [0.717, 1.165) is 0 Å². The molecule has 0 amide bonds. The van der Waals surface area contributed by atoms with E-state index >= 15 is 0 Å². The average Bonchev–Trinajstić information content (AvgIpc) is 2.94. The fourth-order valence-electron chi connectivity index (χ4n) is 2.81. The maximum atomic E-state index is 10.9. The molecule has 3 aliphatic rings. The monoisotopic (exact) mass is 288 g/mol. The summed E-state index contributed by atoms with van der Waals surface area (Å²) in [6, 6.07) is 0. The Kier molecular flexibility index (Phi) is 3.11. The van der Waals surface area contributed by atoms with Crippen molar-refractivity contribution >= 4 is 5.97 Å². The molecule has 0 radical (unpaired) electrons. The lowest BCUT2D eigenvalue weighted by atomic mass is 10.0. The zero-order chi connectivity index (χ0) is 14.7. The van der Waals surface area contributed by atoms with Crippen LogP contribution in [0.25, 0.3) is 0 Å². The molecular formula is C13H20O7. The summed E-state index contributed by atoms with van der Waals surface area (Å²) in [4.78, 5) is 10.9. The molecule has 7 nitrogen and oxygen atoms in total. The Hall–Kier alpha value is -0.730. The molecule has 0 aromatic heterocycles. The summed E-state index contributed by atoms with van der Waals surface area (Å²) < 4.78 is 28.2. The van der Waals surface area contributed by atoms with Crippen LogP contribution in [-0.4, -0.2) is 59.8 Å². The van der Waals surface area contributed by atoms with Gasteiger partial charge in [0.25, 0.3) is 0 Å². The third kappa shape index (κ3) is 2.56. The van der Waals surface area contributed by atoms with Crippen molar-refractivity contribution in [1.29, 1.82) is 0 Å². The molecule has 5 atom stereocenters. The van der Waals surface area contributed by atoms with Gasteiger partial charge in [-0.3, -0.25) is 0 Å². The lowest BCUT2D eigenvalue weighted by Gasteiger charge is -2.23. The van der Waals surface area contributed by atoms with Gasteiger partial charge < -0.3 is 28.8 Å². The summed E-state index contributed by atoms with van der Waals surface area (Å²) in [6.45, 7) is 7.63. The molecule has 3 fully saturated rings. The molecule has 0 spiro atoms. The molecule has 20 heavy (non-hydrogen) atoms. The van der Waals surface area contributed by atoms with Gasteiger partial charge in [-0.05, 0) is 27.7 Å². The highest BCUT2D eigenvalue weighted by molar-refractivity contribution is 5.76. The van der Waals surface area contributed by atoms with Gasteiger partial charge >= 0.3 is 5.97 Å². The predicted molar refractivity (Wildman–Crippen MR) is 65.0 cm³/mol. The number of aliphatic carboxylic acids is 1. The maximum absolute atomic E-state index is 10.9. The van der Waals surface area contributed by atoms with Crippen molar-refractivity contribution in [1.82, 2.24) is 0 Å². The molecule has 3 saturated heterocycles. The van der Waals surface area contributed by atoms with Gasteiger partial charge in [0.15, 0.2) is 17.7 Å². The standard InChI is InChI=1S/C13H20O7/c1-12(2)16-5-6(18-12)7-9(20-13(3,4)19-7)8-10(17-8)11(14)15/h6-10H,5H2,1-4H3,(H,14,15)/t6-,7-,8+,9+,10?/m1/s1. The van der Waals surface area contributed by atoms with E-state index in [1.807, 2.05) is 13.8 Å². The van der Waals surface area contributed by atoms with Gasteiger partial charge in [-0.15, -0.1) is 0 Å². The number of carboxylic acid groups (broad SMARTS) is 1. The molecule has 3 rings (SSSR count).